The summed E-state index contributed by atoms with van der Waals surface area (Å²) in [6, 6.07) is 3.70. The second-order valence-corrected chi connectivity index (χ2v) is 6.11. The van der Waals surface area contributed by atoms with Crippen LogP contribution in [0.3, 0.4) is 0 Å². The molecular weight excluding hydrogens is 338 g/mol. The van der Waals surface area contributed by atoms with Crippen LogP contribution in [0, 0.1) is 0 Å². The predicted molar refractivity (Wildman–Crippen MR) is 90.4 cm³/mol. The van der Waals surface area contributed by atoms with Gasteiger partial charge in [-0.15, -0.1) is 5.10 Å². The topological polar surface area (TPSA) is 74.1 Å². The number of nitrogens with zero attached hydrogens (tertiary/aromatic N) is 4. The predicted octanol–water partition coefficient (Wildman–Crippen LogP) is 2.15. The molecule has 7 nitrogen and oxygen atoms in total. The number of ether oxygens (including phenoxy) is 2. The molecule has 0 aliphatic heterocycles. The number of aromatic nitrogens is 4. The first-order chi connectivity index (χ1) is 11.2. The van der Waals surface area contributed by atoms with Crippen LogP contribution >= 0.6 is 23.4 Å². The van der Waals surface area contributed by atoms with Crippen LogP contribution in [0.2, 0.25) is 5.02 Å². The highest BCUT2D eigenvalue weighted by atomic mass is 35.5. The van der Waals surface area contributed by atoms with E-state index in [2.05, 4.69) is 20.8 Å². The summed E-state index contributed by atoms with van der Waals surface area (Å²) in [5.74, 6) is 2.21. The number of halogens is 1. The zero-order chi connectivity index (χ0) is 16.7. The summed E-state index contributed by atoms with van der Waals surface area (Å²) >= 11 is 7.88. The third kappa shape index (κ3) is 4.98. The number of hydrogen-bond acceptors (Lipinski definition) is 7. The van der Waals surface area contributed by atoms with Gasteiger partial charge < -0.3 is 14.8 Å². The summed E-state index contributed by atoms with van der Waals surface area (Å²) in [4.78, 5) is 0. The normalized spacial score (nSPS) is 10.8. The highest BCUT2D eigenvalue weighted by Crippen LogP contribution is 2.33. The molecule has 0 atom stereocenters. The molecule has 1 aromatic heterocycles. The van der Waals surface area contributed by atoms with E-state index >= 15 is 0 Å². The van der Waals surface area contributed by atoms with Crippen LogP contribution in [-0.2, 0) is 13.6 Å². The van der Waals surface area contributed by atoms with Gasteiger partial charge in [-0.25, -0.2) is 4.68 Å². The Kier molecular flexibility index (Phi) is 6.94. The maximum Gasteiger partial charge on any atom is 0.209 e. The molecule has 0 aliphatic rings. The molecule has 0 fully saturated rings. The smallest absolute Gasteiger partial charge is 0.209 e. The molecule has 9 heteroatoms. The van der Waals surface area contributed by atoms with Crippen molar-refractivity contribution in [1.82, 2.24) is 25.5 Å². The van der Waals surface area contributed by atoms with Crippen LogP contribution in [0.5, 0.6) is 11.5 Å². The molecule has 2 aromatic rings. The molecule has 0 saturated heterocycles. The van der Waals surface area contributed by atoms with Gasteiger partial charge in [-0.05, 0) is 29.0 Å². The molecule has 0 bridgehead atoms. The Morgan fingerprint density at radius 2 is 2.17 bits per heavy atom. The van der Waals surface area contributed by atoms with E-state index < -0.39 is 0 Å². The fourth-order valence-electron chi connectivity index (χ4n) is 1.92. The summed E-state index contributed by atoms with van der Waals surface area (Å²) in [5, 5.41) is 16.1. The van der Waals surface area contributed by atoms with Gasteiger partial charge in [-0.2, -0.15) is 0 Å². The van der Waals surface area contributed by atoms with Gasteiger partial charge in [-0.1, -0.05) is 23.4 Å². The lowest BCUT2D eigenvalue weighted by molar-refractivity contribution is 0.310. The summed E-state index contributed by atoms with van der Waals surface area (Å²) in [6.45, 7) is 3.97. The van der Waals surface area contributed by atoms with Crippen molar-refractivity contribution in [3.8, 4) is 11.5 Å². The van der Waals surface area contributed by atoms with Crippen LogP contribution in [0.25, 0.3) is 0 Å². The number of methoxy groups -OCH3 is 1. The van der Waals surface area contributed by atoms with Crippen LogP contribution in [0.1, 0.15) is 12.5 Å². The van der Waals surface area contributed by atoms with Crippen LogP contribution in [0.4, 0.5) is 0 Å². The minimum Gasteiger partial charge on any atom is -0.493 e. The van der Waals surface area contributed by atoms with Crippen molar-refractivity contribution in [3.05, 3.63) is 22.7 Å². The Balaban J connectivity index is 1.85. The van der Waals surface area contributed by atoms with Crippen molar-refractivity contribution in [2.45, 2.75) is 18.6 Å². The summed E-state index contributed by atoms with van der Waals surface area (Å²) in [7, 11) is 3.42. The number of nitrogens with one attached hydrogen (secondary N) is 1. The van der Waals surface area contributed by atoms with E-state index in [-0.39, 0.29) is 0 Å². The van der Waals surface area contributed by atoms with Crippen molar-refractivity contribution in [2.24, 2.45) is 7.05 Å². The highest BCUT2D eigenvalue weighted by molar-refractivity contribution is 7.99. The highest BCUT2D eigenvalue weighted by Gasteiger charge is 2.10. The SMILES string of the molecule is CCOc1cc(CNCCSc2nnnn2C)c(Cl)cc1OC. The first kappa shape index (κ1) is 17.8. The second-order valence-electron chi connectivity index (χ2n) is 4.64. The molecule has 23 heavy (non-hydrogen) atoms. The zero-order valence-corrected chi connectivity index (χ0v) is 14.9. The monoisotopic (exact) mass is 357 g/mol. The average Bonchev–Trinajstić information content (AvgIpc) is 2.95. The van der Waals surface area contributed by atoms with Crippen molar-refractivity contribution in [2.75, 3.05) is 26.0 Å². The van der Waals surface area contributed by atoms with E-state index in [0.717, 1.165) is 23.0 Å². The number of benzene rings is 1. The Morgan fingerprint density at radius 3 is 2.83 bits per heavy atom. The Bertz CT molecular complexity index is 638. The van der Waals surface area contributed by atoms with Crippen molar-refractivity contribution < 1.29 is 9.47 Å². The molecule has 1 aromatic carbocycles. The molecule has 1 N–H and O–H groups in total. The summed E-state index contributed by atoms with van der Waals surface area (Å²) in [5.41, 5.74) is 0.973. The molecule has 0 amide bonds. The molecule has 1 heterocycles. The van der Waals surface area contributed by atoms with Crippen molar-refractivity contribution in [3.63, 3.8) is 0 Å². The van der Waals surface area contributed by atoms with Gasteiger partial charge in [0.15, 0.2) is 11.5 Å². The van der Waals surface area contributed by atoms with E-state index in [1.165, 1.54) is 0 Å². The van der Waals surface area contributed by atoms with E-state index in [4.69, 9.17) is 21.1 Å². The third-order valence-electron chi connectivity index (χ3n) is 3.04. The van der Waals surface area contributed by atoms with Crippen LogP contribution in [-0.4, -0.2) is 46.2 Å². The lowest BCUT2D eigenvalue weighted by Crippen LogP contribution is -2.17. The molecule has 0 radical (unpaired) electrons. The lowest BCUT2D eigenvalue weighted by Gasteiger charge is -2.13. The largest absolute Gasteiger partial charge is 0.493 e. The van der Waals surface area contributed by atoms with Crippen LogP contribution < -0.4 is 14.8 Å². The van der Waals surface area contributed by atoms with Crippen LogP contribution in [0.15, 0.2) is 17.3 Å². The maximum atomic E-state index is 6.28. The number of aryl methyl sites for hydroxylation is 1. The van der Waals surface area contributed by atoms with Crippen molar-refractivity contribution in [1.29, 1.82) is 0 Å². The molecule has 0 unspecified atom stereocenters. The number of tetrazole rings is 1. The van der Waals surface area contributed by atoms with Gasteiger partial charge in [0, 0.05) is 37.0 Å². The van der Waals surface area contributed by atoms with Gasteiger partial charge in [0.2, 0.25) is 5.16 Å². The Morgan fingerprint density at radius 1 is 1.35 bits per heavy atom. The molecule has 0 saturated carbocycles. The van der Waals surface area contributed by atoms with E-state index in [1.54, 1.807) is 29.6 Å². The fraction of sp³-hybridized carbons (Fsp3) is 0.500. The van der Waals surface area contributed by atoms with Gasteiger partial charge in [0.05, 0.1) is 13.7 Å². The molecule has 126 valence electrons. The van der Waals surface area contributed by atoms with E-state index in [9.17, 15) is 0 Å². The van der Waals surface area contributed by atoms with Gasteiger partial charge in [0.1, 0.15) is 0 Å². The standard InChI is InChI=1S/C14H20ClN5O2S/c1-4-22-13-7-10(11(15)8-12(13)21-3)9-16-5-6-23-14-17-18-19-20(14)2/h7-8,16H,4-6,9H2,1-3H3. The first-order valence-electron chi connectivity index (χ1n) is 7.20. The molecular formula is C14H20ClN5O2S. The lowest BCUT2D eigenvalue weighted by atomic mass is 10.2. The Labute approximate surface area is 144 Å². The fourth-order valence-corrected chi connectivity index (χ4v) is 2.89. The first-order valence-corrected chi connectivity index (χ1v) is 8.57. The number of thioether (sulfide) groups is 1. The molecule has 0 aliphatic carbocycles. The third-order valence-corrected chi connectivity index (χ3v) is 4.40. The number of rotatable bonds is 9. The van der Waals surface area contributed by atoms with Gasteiger partial charge in [-0.3, -0.25) is 0 Å². The average molecular weight is 358 g/mol. The van der Waals surface area contributed by atoms with Gasteiger partial charge >= 0.3 is 0 Å². The minimum atomic E-state index is 0.577. The minimum absolute atomic E-state index is 0.577. The van der Waals surface area contributed by atoms with E-state index in [1.807, 2.05) is 20.0 Å². The molecule has 0 spiro atoms. The second kappa shape index (κ2) is 8.95. The Hall–Kier alpha value is -1.51. The van der Waals surface area contributed by atoms with E-state index in [0.29, 0.717) is 29.7 Å². The maximum absolute atomic E-state index is 6.28. The zero-order valence-electron chi connectivity index (χ0n) is 13.4. The quantitative estimate of drug-likeness (QED) is 0.544. The molecule has 2 rings (SSSR count). The van der Waals surface area contributed by atoms with Gasteiger partial charge in [0.25, 0.3) is 0 Å². The summed E-state index contributed by atoms with van der Waals surface area (Å²) < 4.78 is 12.5. The van der Waals surface area contributed by atoms with Crippen molar-refractivity contribution >= 4 is 23.4 Å². The summed E-state index contributed by atoms with van der Waals surface area (Å²) in [6.07, 6.45) is 0. The number of hydrogen-bond donors (Lipinski definition) is 1.